The Morgan fingerprint density at radius 3 is 2.10 bits per heavy atom. The molecule has 3 heterocycles. The maximum Gasteiger partial charge on any atom is 0.236 e. The minimum absolute atomic E-state index is 0.150. The number of ether oxygens (including phenoxy) is 1. The van der Waals surface area contributed by atoms with Crippen molar-refractivity contribution in [1.82, 2.24) is 14.7 Å². The number of hydrogen-bond acceptors (Lipinski definition) is 5. The summed E-state index contributed by atoms with van der Waals surface area (Å²) in [5.74, 6) is 1.58. The fourth-order valence-corrected chi connectivity index (χ4v) is 5.01. The summed E-state index contributed by atoms with van der Waals surface area (Å²) >= 11 is 0. The Kier molecular flexibility index (Phi) is 7.33. The first-order chi connectivity index (χ1) is 15.1. The van der Waals surface area contributed by atoms with Crippen molar-refractivity contribution in [2.45, 2.75) is 32.1 Å². The summed E-state index contributed by atoms with van der Waals surface area (Å²) in [5, 5.41) is 0. The van der Waals surface area contributed by atoms with E-state index in [1.54, 1.807) is 7.11 Å². The Hall–Kier alpha value is -2.28. The number of benzene rings is 1. The summed E-state index contributed by atoms with van der Waals surface area (Å²) in [5.41, 5.74) is 1.17. The van der Waals surface area contributed by atoms with E-state index in [1.807, 2.05) is 17.0 Å². The van der Waals surface area contributed by atoms with Crippen LogP contribution in [-0.2, 0) is 9.59 Å². The molecule has 1 aromatic rings. The van der Waals surface area contributed by atoms with E-state index >= 15 is 0 Å². The van der Waals surface area contributed by atoms with E-state index in [1.165, 1.54) is 12.1 Å². The molecule has 0 radical (unpaired) electrons. The molecule has 0 aromatic heterocycles. The van der Waals surface area contributed by atoms with Gasteiger partial charge in [0.1, 0.15) is 5.75 Å². The zero-order chi connectivity index (χ0) is 21.6. The Morgan fingerprint density at radius 2 is 1.48 bits per heavy atom. The van der Waals surface area contributed by atoms with Crippen LogP contribution < -0.4 is 9.64 Å². The van der Waals surface area contributed by atoms with Crippen LogP contribution in [0.5, 0.6) is 5.75 Å². The van der Waals surface area contributed by atoms with Crippen molar-refractivity contribution in [3.63, 3.8) is 0 Å². The van der Waals surface area contributed by atoms with Gasteiger partial charge in [-0.3, -0.25) is 14.5 Å². The molecule has 3 saturated heterocycles. The fraction of sp³-hybridized carbons (Fsp3) is 0.667. The van der Waals surface area contributed by atoms with Crippen molar-refractivity contribution >= 4 is 17.5 Å². The maximum atomic E-state index is 12.8. The molecule has 31 heavy (non-hydrogen) atoms. The molecule has 7 heteroatoms. The average Bonchev–Trinajstić information content (AvgIpc) is 2.85. The van der Waals surface area contributed by atoms with Gasteiger partial charge in [0.2, 0.25) is 11.8 Å². The van der Waals surface area contributed by atoms with Gasteiger partial charge >= 0.3 is 0 Å². The van der Waals surface area contributed by atoms with Gasteiger partial charge in [-0.05, 0) is 69.5 Å². The lowest BCUT2D eigenvalue weighted by atomic mass is 9.94. The number of amides is 2. The third-order valence-corrected chi connectivity index (χ3v) is 7.03. The average molecular weight is 429 g/mol. The van der Waals surface area contributed by atoms with Crippen molar-refractivity contribution in [3.8, 4) is 5.75 Å². The normalized spacial score (nSPS) is 21.3. The summed E-state index contributed by atoms with van der Waals surface area (Å²) in [6, 6.07) is 8.11. The molecule has 3 aliphatic heterocycles. The summed E-state index contributed by atoms with van der Waals surface area (Å²) in [6.07, 6.45) is 5.30. The Balaban J connectivity index is 1.19. The Labute approximate surface area is 185 Å². The lowest BCUT2D eigenvalue weighted by molar-refractivity contribution is -0.138. The van der Waals surface area contributed by atoms with Crippen molar-refractivity contribution in [2.24, 2.45) is 5.92 Å². The van der Waals surface area contributed by atoms with E-state index in [2.05, 4.69) is 26.8 Å². The number of piperazine rings is 1. The van der Waals surface area contributed by atoms with E-state index in [0.29, 0.717) is 12.5 Å². The smallest absolute Gasteiger partial charge is 0.236 e. The van der Waals surface area contributed by atoms with Gasteiger partial charge in [0.25, 0.3) is 0 Å². The second-order valence-corrected chi connectivity index (χ2v) is 9.00. The highest BCUT2D eigenvalue weighted by Crippen LogP contribution is 2.23. The first-order valence-electron chi connectivity index (χ1n) is 11.8. The van der Waals surface area contributed by atoms with Crippen molar-refractivity contribution < 1.29 is 14.3 Å². The zero-order valence-corrected chi connectivity index (χ0v) is 18.8. The number of rotatable bonds is 5. The van der Waals surface area contributed by atoms with Crippen LogP contribution in [-0.4, -0.2) is 92.5 Å². The molecular formula is C24H36N4O3. The standard InChI is InChI=1S/C24H36N4O3/c1-31-22-7-5-21(6-8-22)26-15-17-27(18-16-26)23(29)19-25-13-9-20(10-14-25)24(30)28-11-3-2-4-12-28/h5-8,20H,2-4,9-19H2,1H3. The van der Waals surface area contributed by atoms with Crippen LogP contribution in [0, 0.1) is 5.92 Å². The van der Waals surface area contributed by atoms with Crippen molar-refractivity contribution in [2.75, 3.05) is 70.9 Å². The number of anilines is 1. The fourth-order valence-electron chi connectivity index (χ4n) is 5.01. The van der Waals surface area contributed by atoms with E-state index in [0.717, 1.165) is 83.8 Å². The molecule has 1 aromatic carbocycles. The predicted molar refractivity (Wildman–Crippen MR) is 121 cm³/mol. The molecule has 0 aliphatic carbocycles. The van der Waals surface area contributed by atoms with Gasteiger partial charge in [-0.25, -0.2) is 0 Å². The SMILES string of the molecule is COc1ccc(N2CCN(C(=O)CN3CCC(C(=O)N4CCCCC4)CC3)CC2)cc1. The second kappa shape index (κ2) is 10.4. The molecule has 7 nitrogen and oxygen atoms in total. The lowest BCUT2D eigenvalue weighted by Crippen LogP contribution is -2.52. The Morgan fingerprint density at radius 1 is 0.839 bits per heavy atom. The summed E-state index contributed by atoms with van der Waals surface area (Å²) in [4.78, 5) is 34.2. The van der Waals surface area contributed by atoms with Crippen molar-refractivity contribution in [3.05, 3.63) is 24.3 Å². The molecular weight excluding hydrogens is 392 g/mol. The first kappa shape index (κ1) is 21.9. The molecule has 2 amide bonds. The number of hydrogen-bond donors (Lipinski definition) is 0. The quantitative estimate of drug-likeness (QED) is 0.719. The van der Waals surface area contributed by atoms with Gasteiger partial charge in [-0.2, -0.15) is 0 Å². The highest BCUT2D eigenvalue weighted by atomic mass is 16.5. The number of piperidine rings is 2. The van der Waals surface area contributed by atoms with Crippen LogP contribution in [0.1, 0.15) is 32.1 Å². The molecule has 0 bridgehead atoms. The van der Waals surface area contributed by atoms with Gasteiger partial charge in [0.05, 0.1) is 13.7 Å². The number of nitrogens with zero attached hydrogens (tertiary/aromatic N) is 4. The lowest BCUT2D eigenvalue weighted by Gasteiger charge is -2.38. The number of likely N-dealkylation sites (tertiary alicyclic amines) is 2. The minimum Gasteiger partial charge on any atom is -0.497 e. The van der Waals surface area contributed by atoms with Gasteiger partial charge in [0.15, 0.2) is 0 Å². The monoisotopic (exact) mass is 428 g/mol. The summed E-state index contributed by atoms with van der Waals surface area (Å²) < 4.78 is 5.23. The number of methoxy groups -OCH3 is 1. The van der Waals surface area contributed by atoms with Crippen LogP contribution >= 0.6 is 0 Å². The summed E-state index contributed by atoms with van der Waals surface area (Å²) in [6.45, 7) is 7.26. The molecule has 4 rings (SSSR count). The largest absolute Gasteiger partial charge is 0.497 e. The molecule has 0 spiro atoms. The van der Waals surface area contributed by atoms with Crippen LogP contribution in [0.2, 0.25) is 0 Å². The molecule has 0 unspecified atom stereocenters. The van der Waals surface area contributed by atoms with E-state index in [9.17, 15) is 9.59 Å². The topological polar surface area (TPSA) is 56.3 Å². The second-order valence-electron chi connectivity index (χ2n) is 9.00. The number of carbonyl (C=O) groups excluding carboxylic acids is 2. The zero-order valence-electron chi connectivity index (χ0n) is 18.8. The first-order valence-corrected chi connectivity index (χ1v) is 11.8. The minimum atomic E-state index is 0.150. The highest BCUT2D eigenvalue weighted by molar-refractivity contribution is 5.80. The van der Waals surface area contributed by atoms with Gasteiger partial charge in [-0.15, -0.1) is 0 Å². The predicted octanol–water partition coefficient (Wildman–Crippen LogP) is 2.07. The van der Waals surface area contributed by atoms with Crippen LogP contribution in [0.15, 0.2) is 24.3 Å². The molecule has 0 N–H and O–H groups in total. The third-order valence-electron chi connectivity index (χ3n) is 7.03. The molecule has 3 aliphatic rings. The van der Waals surface area contributed by atoms with Gasteiger partial charge in [0, 0.05) is 50.9 Å². The van der Waals surface area contributed by atoms with Crippen LogP contribution in [0.4, 0.5) is 5.69 Å². The van der Waals surface area contributed by atoms with Gasteiger partial charge in [-0.1, -0.05) is 0 Å². The van der Waals surface area contributed by atoms with Crippen LogP contribution in [0.25, 0.3) is 0 Å². The summed E-state index contributed by atoms with van der Waals surface area (Å²) in [7, 11) is 1.68. The van der Waals surface area contributed by atoms with E-state index in [4.69, 9.17) is 4.74 Å². The number of carbonyl (C=O) groups is 2. The molecule has 0 atom stereocenters. The molecule has 170 valence electrons. The van der Waals surface area contributed by atoms with E-state index < -0.39 is 0 Å². The van der Waals surface area contributed by atoms with Crippen LogP contribution in [0.3, 0.4) is 0 Å². The van der Waals surface area contributed by atoms with Crippen molar-refractivity contribution in [1.29, 1.82) is 0 Å². The Bertz CT molecular complexity index is 732. The molecule has 0 saturated carbocycles. The molecule has 3 fully saturated rings. The highest BCUT2D eigenvalue weighted by Gasteiger charge is 2.30. The van der Waals surface area contributed by atoms with E-state index in [-0.39, 0.29) is 11.8 Å². The maximum absolute atomic E-state index is 12.8. The third kappa shape index (κ3) is 5.50. The van der Waals surface area contributed by atoms with Gasteiger partial charge < -0.3 is 19.4 Å².